The van der Waals surface area contributed by atoms with Gasteiger partial charge in [-0.05, 0) is 30.5 Å². The van der Waals surface area contributed by atoms with Crippen LogP contribution in [0.1, 0.15) is 69.1 Å². The highest BCUT2D eigenvalue weighted by molar-refractivity contribution is 5.76. The molecule has 33 heavy (non-hydrogen) atoms. The van der Waals surface area contributed by atoms with Crippen LogP contribution in [-0.4, -0.2) is 36.7 Å². The lowest BCUT2D eigenvalue weighted by Crippen LogP contribution is -2.45. The molecule has 10 heteroatoms. The molecular weight excluding hydrogens is 422 g/mol. The Balaban J connectivity index is 1.29. The van der Waals surface area contributed by atoms with Crippen LogP contribution in [0.25, 0.3) is 5.82 Å². The van der Waals surface area contributed by atoms with Crippen molar-refractivity contribution in [3.05, 3.63) is 54.1 Å². The third-order valence-electron chi connectivity index (χ3n) is 5.87. The molecule has 0 aromatic carbocycles. The number of nitrogens with zero attached hydrogens (tertiary/aromatic N) is 5. The average molecular weight is 452 g/mol. The lowest BCUT2D eigenvalue weighted by molar-refractivity contribution is -0.122. The molecule has 2 amide bonds. The van der Waals surface area contributed by atoms with Gasteiger partial charge < -0.3 is 15.2 Å². The maximum absolute atomic E-state index is 12.3. The van der Waals surface area contributed by atoms with E-state index in [9.17, 15) is 9.59 Å². The predicted octanol–water partition coefficient (Wildman–Crippen LogP) is 2.58. The number of pyridine rings is 1. The molecule has 0 spiro atoms. The topological polar surface area (TPSA) is 128 Å². The standard InChI is InChI=1S/C23H29N7O3/c1-17(31)28-23(11-4-2-3-5-12-23)22-27-21(33-29-22)10-9-20(32)25-16-18-7-8-19(24-15-18)30-14-6-13-26-30/h6-8,13-15H,2-5,9-12,16H2,1H3,(H,25,32)(H,28,31). The van der Waals surface area contributed by atoms with E-state index in [0.29, 0.717) is 30.5 Å². The molecule has 0 radical (unpaired) electrons. The van der Waals surface area contributed by atoms with Gasteiger partial charge in [-0.15, -0.1) is 0 Å². The summed E-state index contributed by atoms with van der Waals surface area (Å²) in [6, 6.07) is 5.59. The van der Waals surface area contributed by atoms with E-state index >= 15 is 0 Å². The summed E-state index contributed by atoms with van der Waals surface area (Å²) in [5, 5.41) is 14.3. The normalized spacial score (nSPS) is 15.5. The molecule has 0 saturated heterocycles. The molecule has 3 aromatic rings. The molecular formula is C23H29N7O3. The number of aryl methyl sites for hydroxylation is 1. The first-order valence-electron chi connectivity index (χ1n) is 11.4. The molecule has 2 N–H and O–H groups in total. The summed E-state index contributed by atoms with van der Waals surface area (Å²) in [7, 11) is 0. The Hall–Kier alpha value is -3.56. The number of carbonyl (C=O) groups excluding carboxylic acids is 2. The predicted molar refractivity (Wildman–Crippen MR) is 119 cm³/mol. The van der Waals surface area contributed by atoms with Crippen molar-refractivity contribution in [2.45, 2.75) is 70.4 Å². The summed E-state index contributed by atoms with van der Waals surface area (Å²) >= 11 is 0. The first kappa shape index (κ1) is 22.6. The maximum atomic E-state index is 12.3. The minimum atomic E-state index is -0.582. The zero-order chi connectivity index (χ0) is 23.1. The monoisotopic (exact) mass is 451 g/mol. The first-order valence-corrected chi connectivity index (χ1v) is 11.4. The Morgan fingerprint density at radius 1 is 1.18 bits per heavy atom. The first-order chi connectivity index (χ1) is 16.0. The van der Waals surface area contributed by atoms with Gasteiger partial charge >= 0.3 is 0 Å². The van der Waals surface area contributed by atoms with E-state index in [1.807, 2.05) is 24.4 Å². The molecule has 1 aliphatic carbocycles. The summed E-state index contributed by atoms with van der Waals surface area (Å²) in [6.45, 7) is 1.89. The highest BCUT2D eigenvalue weighted by atomic mass is 16.5. The molecule has 0 atom stereocenters. The fourth-order valence-electron chi connectivity index (χ4n) is 4.19. The van der Waals surface area contributed by atoms with Gasteiger partial charge in [-0.25, -0.2) is 9.67 Å². The van der Waals surface area contributed by atoms with Crippen molar-refractivity contribution in [1.82, 2.24) is 35.5 Å². The molecule has 174 valence electrons. The minimum absolute atomic E-state index is 0.102. The molecule has 3 heterocycles. The van der Waals surface area contributed by atoms with Gasteiger partial charge in [0.2, 0.25) is 17.7 Å². The zero-order valence-corrected chi connectivity index (χ0v) is 18.8. The number of rotatable bonds is 8. The minimum Gasteiger partial charge on any atom is -0.352 e. The maximum Gasteiger partial charge on any atom is 0.227 e. The fourth-order valence-corrected chi connectivity index (χ4v) is 4.19. The molecule has 10 nitrogen and oxygen atoms in total. The van der Waals surface area contributed by atoms with E-state index in [1.54, 1.807) is 17.1 Å². The lowest BCUT2D eigenvalue weighted by atomic mass is 9.89. The number of nitrogens with one attached hydrogen (secondary N) is 2. The largest absolute Gasteiger partial charge is 0.352 e. The van der Waals surface area contributed by atoms with Crippen molar-refractivity contribution >= 4 is 11.8 Å². The molecule has 1 saturated carbocycles. The Labute approximate surface area is 192 Å². The molecule has 4 rings (SSSR count). The van der Waals surface area contributed by atoms with Crippen molar-refractivity contribution in [3.8, 4) is 5.82 Å². The van der Waals surface area contributed by atoms with Gasteiger partial charge in [-0.1, -0.05) is 36.9 Å². The van der Waals surface area contributed by atoms with Gasteiger partial charge in [0.25, 0.3) is 0 Å². The number of hydrogen-bond donors (Lipinski definition) is 2. The van der Waals surface area contributed by atoms with E-state index in [4.69, 9.17) is 4.52 Å². The number of carbonyl (C=O) groups is 2. The molecule has 3 aromatic heterocycles. The third-order valence-corrected chi connectivity index (χ3v) is 5.87. The number of aromatic nitrogens is 5. The fraction of sp³-hybridized carbons (Fsp3) is 0.478. The smallest absolute Gasteiger partial charge is 0.227 e. The van der Waals surface area contributed by atoms with Gasteiger partial charge in [0.1, 0.15) is 5.54 Å². The van der Waals surface area contributed by atoms with Gasteiger partial charge in [0.15, 0.2) is 11.6 Å². The van der Waals surface area contributed by atoms with Crippen LogP contribution in [0.5, 0.6) is 0 Å². The Morgan fingerprint density at radius 2 is 2.00 bits per heavy atom. The second-order valence-electron chi connectivity index (χ2n) is 8.44. The van der Waals surface area contributed by atoms with Crippen molar-refractivity contribution in [2.75, 3.05) is 0 Å². The van der Waals surface area contributed by atoms with Gasteiger partial charge in [0, 0.05) is 44.9 Å². The van der Waals surface area contributed by atoms with Gasteiger partial charge in [-0.3, -0.25) is 9.59 Å². The van der Waals surface area contributed by atoms with Crippen molar-refractivity contribution < 1.29 is 14.1 Å². The molecule has 0 bridgehead atoms. The SMILES string of the molecule is CC(=O)NC1(c2noc(CCC(=O)NCc3ccc(-n4cccn4)nc3)n2)CCCCCC1. The number of hydrogen-bond acceptors (Lipinski definition) is 7. The summed E-state index contributed by atoms with van der Waals surface area (Å²) in [4.78, 5) is 33.0. The summed E-state index contributed by atoms with van der Waals surface area (Å²) in [6.07, 6.45) is 11.7. The molecule has 1 fully saturated rings. The molecule has 0 unspecified atom stereocenters. The van der Waals surface area contributed by atoms with Crippen molar-refractivity contribution in [3.63, 3.8) is 0 Å². The van der Waals surface area contributed by atoms with Crippen LogP contribution in [0.3, 0.4) is 0 Å². The highest BCUT2D eigenvalue weighted by Crippen LogP contribution is 2.34. The zero-order valence-electron chi connectivity index (χ0n) is 18.8. The Morgan fingerprint density at radius 3 is 2.67 bits per heavy atom. The average Bonchev–Trinajstić information content (AvgIpc) is 3.47. The van der Waals surface area contributed by atoms with Crippen LogP contribution in [0.2, 0.25) is 0 Å². The van der Waals surface area contributed by atoms with Crippen LogP contribution in [0.15, 0.2) is 41.3 Å². The van der Waals surface area contributed by atoms with E-state index in [-0.39, 0.29) is 18.2 Å². The van der Waals surface area contributed by atoms with Crippen LogP contribution in [0, 0.1) is 0 Å². The second-order valence-corrected chi connectivity index (χ2v) is 8.44. The lowest BCUT2D eigenvalue weighted by Gasteiger charge is -2.30. The Kier molecular flexibility index (Phi) is 7.11. The summed E-state index contributed by atoms with van der Waals surface area (Å²) in [5.41, 5.74) is 0.312. The third kappa shape index (κ3) is 5.82. The van der Waals surface area contributed by atoms with Crippen LogP contribution in [-0.2, 0) is 28.1 Å². The molecule has 1 aliphatic rings. The van der Waals surface area contributed by atoms with Crippen molar-refractivity contribution in [2.24, 2.45) is 0 Å². The van der Waals surface area contributed by atoms with E-state index < -0.39 is 5.54 Å². The van der Waals surface area contributed by atoms with Crippen LogP contribution in [0.4, 0.5) is 0 Å². The van der Waals surface area contributed by atoms with Gasteiger partial charge in [-0.2, -0.15) is 10.1 Å². The number of amides is 2. The highest BCUT2D eigenvalue weighted by Gasteiger charge is 2.38. The molecule has 0 aliphatic heterocycles. The Bertz CT molecular complexity index is 1050. The van der Waals surface area contributed by atoms with E-state index in [1.165, 1.54) is 6.92 Å². The van der Waals surface area contributed by atoms with E-state index in [2.05, 4.69) is 30.9 Å². The summed E-state index contributed by atoms with van der Waals surface area (Å²) < 4.78 is 7.09. The van der Waals surface area contributed by atoms with Gasteiger partial charge in [0.05, 0.1) is 0 Å². The summed E-state index contributed by atoms with van der Waals surface area (Å²) in [5.74, 6) is 1.41. The van der Waals surface area contributed by atoms with Crippen LogP contribution >= 0.6 is 0 Å². The van der Waals surface area contributed by atoms with Crippen molar-refractivity contribution in [1.29, 1.82) is 0 Å². The second kappa shape index (κ2) is 10.4. The quantitative estimate of drug-likeness (QED) is 0.504. The van der Waals surface area contributed by atoms with E-state index in [0.717, 1.165) is 44.1 Å². The van der Waals surface area contributed by atoms with Crippen LogP contribution < -0.4 is 10.6 Å².